The maximum absolute atomic E-state index is 14.0. The van der Waals surface area contributed by atoms with E-state index in [0.29, 0.717) is 31.9 Å². The number of imide groups is 1. The number of carbonyl (C=O) groups is 3. The van der Waals surface area contributed by atoms with Gasteiger partial charge in [-0.2, -0.15) is 0 Å². The highest BCUT2D eigenvalue weighted by atomic mass is 35.5. The number of fused-ring (bicyclic) bond motifs is 2. The van der Waals surface area contributed by atoms with Gasteiger partial charge in [-0.25, -0.2) is 9.29 Å². The molecule has 0 spiro atoms. The van der Waals surface area contributed by atoms with Crippen LogP contribution in [-0.2, 0) is 14.4 Å². The Morgan fingerprint density at radius 3 is 2.51 bits per heavy atom. The van der Waals surface area contributed by atoms with Gasteiger partial charge in [0.25, 0.3) is 5.91 Å². The number of H-pyrrole nitrogens is 1. The molecule has 12 heteroatoms. The van der Waals surface area contributed by atoms with E-state index in [2.05, 4.69) is 10.3 Å². The Balaban J connectivity index is 1.36. The number of hydrogen-bond acceptors (Lipinski definition) is 7. The van der Waals surface area contributed by atoms with Crippen LogP contribution < -0.4 is 19.8 Å². The van der Waals surface area contributed by atoms with E-state index in [1.807, 2.05) is 19.1 Å². The Morgan fingerprint density at radius 1 is 1.05 bits per heavy atom. The minimum atomic E-state index is -0.846. The summed E-state index contributed by atoms with van der Waals surface area (Å²) in [6, 6.07) is 17.2. The summed E-state index contributed by atoms with van der Waals surface area (Å²) in [5, 5.41) is 2.71. The number of nitrogens with zero attached hydrogens (tertiary/aromatic N) is 1. The van der Waals surface area contributed by atoms with Gasteiger partial charge in [0.1, 0.15) is 16.8 Å². The molecule has 0 saturated carbocycles. The molecule has 6 rings (SSSR count). The van der Waals surface area contributed by atoms with Gasteiger partial charge in [-0.05, 0) is 61.5 Å². The lowest BCUT2D eigenvalue weighted by Crippen LogP contribution is -2.32. The summed E-state index contributed by atoms with van der Waals surface area (Å²) in [5.41, 5.74) is 2.33. The molecule has 1 fully saturated rings. The van der Waals surface area contributed by atoms with Gasteiger partial charge in [0.15, 0.2) is 6.61 Å². The summed E-state index contributed by atoms with van der Waals surface area (Å²) in [6.45, 7) is 1.53. The molecule has 3 atom stereocenters. The minimum absolute atomic E-state index is 0.278. The average Bonchev–Trinajstić information content (AvgIpc) is 3.44. The highest BCUT2D eigenvalue weighted by Crippen LogP contribution is 2.54. The number of ether oxygens (including phenoxy) is 1. The second-order valence-electron chi connectivity index (χ2n) is 9.62. The first-order chi connectivity index (χ1) is 19.7. The van der Waals surface area contributed by atoms with Crippen LogP contribution in [0.4, 0.5) is 15.8 Å². The number of thiazole rings is 1. The van der Waals surface area contributed by atoms with Crippen LogP contribution in [0.2, 0.25) is 5.02 Å². The van der Waals surface area contributed by atoms with Crippen molar-refractivity contribution in [2.45, 2.75) is 23.1 Å². The molecule has 3 heterocycles. The Hall–Kier alpha value is -3.93. The highest BCUT2D eigenvalue weighted by molar-refractivity contribution is 8.00. The fraction of sp³-hybridized carbons (Fsp3) is 0.172. The third kappa shape index (κ3) is 5.16. The van der Waals surface area contributed by atoms with Gasteiger partial charge in [0, 0.05) is 27.1 Å². The first kappa shape index (κ1) is 27.3. The van der Waals surface area contributed by atoms with Crippen molar-refractivity contribution >= 4 is 63.8 Å². The number of carbonyl (C=O) groups excluding carboxylic acids is 3. The number of rotatable bonds is 6. The maximum Gasteiger partial charge on any atom is 0.305 e. The monoisotopic (exact) mass is 609 g/mol. The molecular weight excluding hydrogens is 589 g/mol. The largest absolute Gasteiger partial charge is 0.483 e. The standard InChI is InChI=1S/C29H21ClFN3O5S2/c1-14-2-9-18(10-3-14)34-27(36)23-22(24-26(33-29(38)41-24)40-25(23)28(34)37)19-12-15(30)4-11-20(19)39-13-21(35)32-17-7-5-16(31)6-8-17/h2-12,22-23,25H,13H2,1H3,(H,32,35)(H,33,38)/t22-,23-,25+/m0/s1. The van der Waals surface area contributed by atoms with E-state index in [9.17, 15) is 23.6 Å². The van der Waals surface area contributed by atoms with Crippen molar-refractivity contribution in [1.82, 2.24) is 4.98 Å². The zero-order valence-corrected chi connectivity index (χ0v) is 23.7. The van der Waals surface area contributed by atoms with Crippen molar-refractivity contribution < 1.29 is 23.5 Å². The van der Waals surface area contributed by atoms with E-state index in [4.69, 9.17) is 16.3 Å². The Kier molecular flexibility index (Phi) is 7.18. The molecule has 3 aromatic carbocycles. The maximum atomic E-state index is 14.0. The van der Waals surface area contributed by atoms with Gasteiger partial charge < -0.3 is 15.0 Å². The topological polar surface area (TPSA) is 109 Å². The third-order valence-corrected chi connectivity index (χ3v) is 9.55. The van der Waals surface area contributed by atoms with Gasteiger partial charge in [0.2, 0.25) is 11.8 Å². The number of amides is 3. The van der Waals surface area contributed by atoms with Crippen molar-refractivity contribution in [1.29, 1.82) is 0 Å². The number of aromatic amines is 1. The van der Waals surface area contributed by atoms with Crippen LogP contribution in [0.5, 0.6) is 5.75 Å². The molecule has 2 aliphatic rings. The molecule has 2 N–H and O–H groups in total. The van der Waals surface area contributed by atoms with Crippen molar-refractivity contribution in [3.05, 3.63) is 103 Å². The van der Waals surface area contributed by atoms with Crippen molar-refractivity contribution in [3.63, 3.8) is 0 Å². The number of aromatic nitrogens is 1. The average molecular weight is 610 g/mol. The summed E-state index contributed by atoms with van der Waals surface area (Å²) in [4.78, 5) is 57.0. The van der Waals surface area contributed by atoms with Gasteiger partial charge in [-0.15, -0.1) is 0 Å². The summed E-state index contributed by atoms with van der Waals surface area (Å²) in [6.07, 6.45) is 0. The molecule has 0 aliphatic carbocycles. The molecule has 8 nitrogen and oxygen atoms in total. The van der Waals surface area contributed by atoms with E-state index in [1.54, 1.807) is 30.3 Å². The predicted molar refractivity (Wildman–Crippen MR) is 156 cm³/mol. The fourth-order valence-electron chi connectivity index (χ4n) is 5.07. The molecule has 1 aromatic heterocycles. The molecule has 3 amide bonds. The molecule has 1 saturated heterocycles. The van der Waals surface area contributed by atoms with Crippen molar-refractivity contribution in [2.24, 2.45) is 5.92 Å². The van der Waals surface area contributed by atoms with Crippen molar-refractivity contribution in [2.75, 3.05) is 16.8 Å². The van der Waals surface area contributed by atoms with Crippen LogP contribution in [0.1, 0.15) is 21.9 Å². The number of nitrogens with one attached hydrogen (secondary N) is 2. The summed E-state index contributed by atoms with van der Waals surface area (Å²) in [7, 11) is 0. The van der Waals surface area contributed by atoms with E-state index < -0.39 is 34.7 Å². The molecule has 0 radical (unpaired) electrons. The predicted octanol–water partition coefficient (Wildman–Crippen LogP) is 5.35. The summed E-state index contributed by atoms with van der Waals surface area (Å²) < 4.78 is 19.1. The van der Waals surface area contributed by atoms with E-state index in [1.165, 1.54) is 40.9 Å². The fourth-order valence-corrected chi connectivity index (χ4v) is 7.75. The summed E-state index contributed by atoms with van der Waals surface area (Å²) in [5.74, 6) is -2.99. The third-order valence-electron chi connectivity index (χ3n) is 6.91. The lowest BCUT2D eigenvalue weighted by atomic mass is 9.82. The van der Waals surface area contributed by atoms with Gasteiger partial charge in [-0.3, -0.25) is 19.2 Å². The SMILES string of the molecule is Cc1ccc(N2C(=O)[C@H]3[C@H](c4cc(Cl)ccc4OCC(=O)Nc4ccc(F)cc4)c4sc(=O)[nH]c4S[C@H]3C2=O)cc1. The van der Waals surface area contributed by atoms with Crippen LogP contribution in [-0.4, -0.2) is 34.6 Å². The lowest BCUT2D eigenvalue weighted by Gasteiger charge is -2.31. The van der Waals surface area contributed by atoms with Gasteiger partial charge in [0.05, 0.1) is 16.6 Å². The van der Waals surface area contributed by atoms with Crippen LogP contribution in [0.15, 0.2) is 76.6 Å². The lowest BCUT2D eigenvalue weighted by molar-refractivity contribution is -0.122. The molecule has 2 aliphatic heterocycles. The molecule has 0 bridgehead atoms. The molecule has 4 aromatic rings. The van der Waals surface area contributed by atoms with E-state index in [0.717, 1.165) is 16.9 Å². The first-order valence-electron chi connectivity index (χ1n) is 12.5. The number of benzene rings is 3. The van der Waals surface area contributed by atoms with Crippen LogP contribution in [0, 0.1) is 18.7 Å². The van der Waals surface area contributed by atoms with E-state index >= 15 is 0 Å². The van der Waals surface area contributed by atoms with Crippen LogP contribution in [0.3, 0.4) is 0 Å². The number of hydrogen-bond donors (Lipinski definition) is 2. The number of aryl methyl sites for hydroxylation is 1. The number of anilines is 2. The highest BCUT2D eigenvalue weighted by Gasteiger charge is 2.56. The second kappa shape index (κ2) is 10.8. The number of thioether (sulfide) groups is 1. The minimum Gasteiger partial charge on any atom is -0.483 e. The Morgan fingerprint density at radius 2 is 1.78 bits per heavy atom. The normalized spacial score (nSPS) is 19.6. The Bertz CT molecular complexity index is 1740. The van der Waals surface area contributed by atoms with Crippen LogP contribution >= 0.6 is 34.7 Å². The first-order valence-corrected chi connectivity index (χ1v) is 14.6. The molecular formula is C29H21ClFN3O5S2. The zero-order valence-electron chi connectivity index (χ0n) is 21.4. The van der Waals surface area contributed by atoms with Crippen molar-refractivity contribution in [3.8, 4) is 5.75 Å². The zero-order chi connectivity index (χ0) is 28.8. The smallest absolute Gasteiger partial charge is 0.305 e. The summed E-state index contributed by atoms with van der Waals surface area (Å²) >= 11 is 8.53. The molecule has 0 unspecified atom stereocenters. The van der Waals surface area contributed by atoms with Gasteiger partial charge >= 0.3 is 4.87 Å². The molecule has 208 valence electrons. The van der Waals surface area contributed by atoms with E-state index in [-0.39, 0.29) is 23.1 Å². The second-order valence-corrected chi connectivity index (χ2v) is 12.2. The molecule has 41 heavy (non-hydrogen) atoms. The Labute approximate surface area is 246 Å². The van der Waals surface area contributed by atoms with Gasteiger partial charge in [-0.1, -0.05) is 52.4 Å². The quantitative estimate of drug-likeness (QED) is 0.285. The van der Waals surface area contributed by atoms with Crippen LogP contribution in [0.25, 0.3) is 0 Å². The number of halogens is 2.